The number of ether oxygens (including phenoxy) is 4. The summed E-state index contributed by atoms with van der Waals surface area (Å²) in [5.74, 6) is -25.1. The third-order valence-electron chi connectivity index (χ3n) is 3.36. The maximum atomic E-state index is 13.4. The summed E-state index contributed by atoms with van der Waals surface area (Å²) in [6, 6.07) is 0. The molecule has 0 amide bonds. The second kappa shape index (κ2) is 13.8. The Morgan fingerprint density at radius 3 is 1.50 bits per heavy atom. The molecule has 0 aliphatic carbocycles. The second-order valence-corrected chi connectivity index (χ2v) is 6.30. The van der Waals surface area contributed by atoms with Crippen LogP contribution < -0.4 is 0 Å². The highest BCUT2D eigenvalue weighted by atomic mass is 19.4. The van der Waals surface area contributed by atoms with Gasteiger partial charge in [0.1, 0.15) is 6.33 Å². The van der Waals surface area contributed by atoms with Crippen LogP contribution in [0.4, 0.5) is 79.2 Å². The van der Waals surface area contributed by atoms with Gasteiger partial charge in [-0.2, -0.15) is 48.3 Å². The first kappa shape index (κ1) is 39.4. The lowest BCUT2D eigenvalue weighted by molar-refractivity contribution is -0.488. The van der Waals surface area contributed by atoms with E-state index in [0.29, 0.717) is 7.11 Å². The van der Waals surface area contributed by atoms with Crippen LogP contribution >= 0.6 is 0 Å². The van der Waals surface area contributed by atoms with Crippen molar-refractivity contribution in [3.8, 4) is 0 Å². The molecule has 0 radical (unpaired) electrons. The summed E-state index contributed by atoms with van der Waals surface area (Å²) in [7, 11) is 0.361. The number of alkyl halides is 15. The van der Waals surface area contributed by atoms with E-state index >= 15 is 0 Å². The molecule has 40 heavy (non-hydrogen) atoms. The van der Waals surface area contributed by atoms with Gasteiger partial charge in [-0.05, 0) is 0 Å². The van der Waals surface area contributed by atoms with Crippen LogP contribution in [0, 0.1) is 0 Å². The summed E-state index contributed by atoms with van der Waals surface area (Å²) in [5.41, 5.74) is 0. The van der Waals surface area contributed by atoms with Crippen LogP contribution in [0.1, 0.15) is 6.92 Å². The summed E-state index contributed by atoms with van der Waals surface area (Å²) < 4.78 is 233. The first-order valence-corrected chi connectivity index (χ1v) is 8.69. The zero-order chi connectivity index (χ0) is 32.7. The van der Waals surface area contributed by atoms with Crippen LogP contribution in [0.3, 0.4) is 0 Å². The average molecular weight is 644 g/mol. The predicted octanol–water partition coefficient (Wildman–Crippen LogP) is 5.99. The summed E-state index contributed by atoms with van der Waals surface area (Å²) in [5, 5.41) is 0. The second-order valence-electron chi connectivity index (χ2n) is 6.30. The van der Waals surface area contributed by atoms with Gasteiger partial charge in [0.05, 0.1) is 7.11 Å². The topological polar surface area (TPSA) is 80.3 Å². The Labute approximate surface area is 207 Å². The maximum absolute atomic E-state index is 13.4. The molecule has 0 spiro atoms. The van der Waals surface area contributed by atoms with E-state index in [2.05, 4.69) is 18.9 Å². The fraction of sp³-hybridized carbons (Fsp3) is 0.733. The van der Waals surface area contributed by atoms with Gasteiger partial charge in [-0.1, -0.05) is 0 Å². The van der Waals surface area contributed by atoms with E-state index in [1.165, 1.54) is 0 Å². The van der Waals surface area contributed by atoms with E-state index in [4.69, 9.17) is 0 Å². The van der Waals surface area contributed by atoms with E-state index in [1.807, 2.05) is 4.94 Å². The van der Waals surface area contributed by atoms with Crippen LogP contribution in [0.15, 0.2) is 12.2 Å². The number of halogens is 18. The molecular weight excluding hydrogens is 634 g/mol. The van der Waals surface area contributed by atoms with Crippen LogP contribution in [0.25, 0.3) is 0 Å². The van der Waals surface area contributed by atoms with E-state index in [-0.39, 0.29) is 0 Å². The van der Waals surface area contributed by atoms with Crippen molar-refractivity contribution in [1.82, 2.24) is 0 Å². The van der Waals surface area contributed by atoms with Gasteiger partial charge in [-0.15, -0.1) is 0 Å². The van der Waals surface area contributed by atoms with E-state index < -0.39 is 86.2 Å². The molecule has 0 rings (SSSR count). The zero-order valence-electron chi connectivity index (χ0n) is 18.5. The van der Waals surface area contributed by atoms with E-state index in [0.717, 1.165) is 0 Å². The van der Waals surface area contributed by atoms with E-state index in [9.17, 15) is 88.8 Å². The predicted molar refractivity (Wildman–Crippen MR) is 82.8 cm³/mol. The molecule has 0 saturated carbocycles. The fourth-order valence-corrected chi connectivity index (χ4v) is 1.47. The first-order valence-electron chi connectivity index (χ1n) is 8.69. The molecule has 0 saturated heterocycles. The Kier molecular flexibility index (Phi) is 13.6. The van der Waals surface area contributed by atoms with Gasteiger partial charge in [-0.3, -0.25) is 14.2 Å². The summed E-state index contributed by atoms with van der Waals surface area (Å²) >= 11 is 0. The number of hydrogen-bond acceptors (Lipinski definition) is 7. The summed E-state index contributed by atoms with van der Waals surface area (Å²) in [4.78, 5) is 22.8. The van der Waals surface area contributed by atoms with Crippen molar-refractivity contribution in [2.24, 2.45) is 0 Å². The van der Waals surface area contributed by atoms with Crippen molar-refractivity contribution in [2.75, 3.05) is 7.11 Å². The quantitative estimate of drug-likeness (QED) is 0.191. The standard InChI is InChI=1S/C8H5F11O4.C7H5F7O3/c1-5(12,13)6(14,4(20)22-19)23-8(17,18)7(15,16)21-3(11)2(9)10;1-16-5(15)6(11,7(12,13)14)17-4(10)3(9)2-8/h2-3H,1H3;2,4H,1H3. The van der Waals surface area contributed by atoms with Crippen LogP contribution in [-0.4, -0.2) is 74.2 Å². The third-order valence-corrected chi connectivity index (χ3v) is 3.36. The number of carbonyl (C=O) groups excluding carboxylic acids is 2. The maximum Gasteiger partial charge on any atom is 0.460 e. The van der Waals surface area contributed by atoms with Gasteiger partial charge in [0.2, 0.25) is 0 Å². The van der Waals surface area contributed by atoms with Gasteiger partial charge in [0.15, 0.2) is 5.83 Å². The fourth-order valence-electron chi connectivity index (χ4n) is 1.47. The van der Waals surface area contributed by atoms with Crippen molar-refractivity contribution in [2.45, 2.75) is 62.1 Å². The smallest absolute Gasteiger partial charge is 0.460 e. The van der Waals surface area contributed by atoms with Gasteiger partial charge < -0.3 is 4.74 Å². The Morgan fingerprint density at radius 1 is 0.750 bits per heavy atom. The summed E-state index contributed by atoms with van der Waals surface area (Å²) in [6.45, 7) is -0.671. The highest BCUT2D eigenvalue weighted by molar-refractivity contribution is 5.79. The van der Waals surface area contributed by atoms with Gasteiger partial charge in [0, 0.05) is 11.4 Å². The highest BCUT2D eigenvalue weighted by Gasteiger charge is 2.72. The number of hydrogen-bond donors (Lipinski definition) is 0. The van der Waals surface area contributed by atoms with Crippen molar-refractivity contribution in [3.63, 3.8) is 0 Å². The molecule has 0 bridgehead atoms. The molecule has 25 heteroatoms. The SMILES string of the molecule is CC(F)(F)C(F)(OC(F)(F)C(F)(F)OC(F)C(F)F)C(=O)OF.COC(=O)C(F)(OC(F)C(F)=CF)C(F)(F)F. The molecule has 0 aromatic heterocycles. The molecule has 0 aromatic rings. The Balaban J connectivity index is 0. The number of rotatable bonds is 12. The molecule has 238 valence electrons. The normalized spacial score (nSPS) is 18.1. The average Bonchev–Trinajstić information content (AvgIpc) is 2.80. The molecule has 0 aliphatic heterocycles. The molecule has 4 atom stereocenters. The zero-order valence-corrected chi connectivity index (χ0v) is 18.5. The lowest BCUT2D eigenvalue weighted by atomic mass is 10.2. The van der Waals surface area contributed by atoms with Crippen LogP contribution in [0.2, 0.25) is 0 Å². The van der Waals surface area contributed by atoms with Crippen LogP contribution in [0.5, 0.6) is 0 Å². The summed E-state index contributed by atoms with van der Waals surface area (Å²) in [6.07, 6.45) is -32.7. The molecule has 0 fully saturated rings. The molecule has 0 heterocycles. The minimum Gasteiger partial charge on any atom is -0.465 e. The lowest BCUT2D eigenvalue weighted by Crippen LogP contribution is -2.59. The van der Waals surface area contributed by atoms with Gasteiger partial charge >= 0.3 is 48.0 Å². The minimum atomic E-state index is -6.62. The molecular formula is C15H10F18O7. The minimum absolute atomic E-state index is 0.361. The molecule has 0 N–H and O–H groups in total. The monoisotopic (exact) mass is 644 g/mol. The Bertz CT molecular complexity index is 875. The first-order chi connectivity index (χ1) is 17.6. The number of methoxy groups -OCH3 is 1. The molecule has 7 nitrogen and oxygen atoms in total. The molecule has 4 unspecified atom stereocenters. The third kappa shape index (κ3) is 9.45. The highest BCUT2D eigenvalue weighted by Crippen LogP contribution is 2.46. The molecule has 0 aliphatic rings. The number of carbonyl (C=O) groups is 2. The van der Waals surface area contributed by atoms with E-state index in [1.54, 1.807) is 0 Å². The molecule has 0 aromatic carbocycles. The lowest BCUT2D eigenvalue weighted by Gasteiger charge is -2.33. The Morgan fingerprint density at radius 2 is 1.20 bits per heavy atom. The number of esters is 1. The van der Waals surface area contributed by atoms with Crippen molar-refractivity contribution >= 4 is 11.9 Å². The van der Waals surface area contributed by atoms with Crippen molar-refractivity contribution < 1.29 is 113 Å². The Hall–Kier alpha value is -2.70. The van der Waals surface area contributed by atoms with Crippen LogP contribution in [-0.2, 0) is 33.5 Å². The van der Waals surface area contributed by atoms with Crippen molar-refractivity contribution in [1.29, 1.82) is 0 Å². The van der Waals surface area contributed by atoms with Gasteiger partial charge in [0.25, 0.3) is 19.1 Å². The van der Waals surface area contributed by atoms with Crippen molar-refractivity contribution in [3.05, 3.63) is 12.2 Å². The largest absolute Gasteiger partial charge is 0.465 e. The van der Waals surface area contributed by atoms with Gasteiger partial charge in [-0.25, -0.2) is 40.9 Å².